The third-order valence-corrected chi connectivity index (χ3v) is 3.01. The smallest absolute Gasteiger partial charge is 0.246 e. The van der Waals surface area contributed by atoms with Gasteiger partial charge in [0.25, 0.3) is 0 Å². The molecule has 2 aliphatic heterocycles. The molecule has 3 heteroatoms. The number of likely N-dealkylation sites (tertiary alicyclic amines) is 1. The minimum atomic E-state index is 0.178. The molecule has 13 heavy (non-hydrogen) atoms. The van der Waals surface area contributed by atoms with Crippen molar-refractivity contribution in [1.29, 1.82) is 0 Å². The zero-order valence-corrected chi connectivity index (χ0v) is 7.99. The lowest BCUT2D eigenvalue weighted by atomic mass is 10.0. The molecule has 2 saturated heterocycles. The van der Waals surface area contributed by atoms with Crippen LogP contribution >= 0.6 is 0 Å². The summed E-state index contributed by atoms with van der Waals surface area (Å²) in [5.74, 6) is 1.58. The van der Waals surface area contributed by atoms with E-state index in [0.717, 1.165) is 26.2 Å². The molecule has 0 aromatic carbocycles. The third-order valence-electron chi connectivity index (χ3n) is 3.01. The summed E-state index contributed by atoms with van der Waals surface area (Å²) >= 11 is 0. The lowest BCUT2D eigenvalue weighted by Crippen LogP contribution is -2.30. The predicted molar refractivity (Wildman–Crippen MR) is 51.2 cm³/mol. The van der Waals surface area contributed by atoms with Crippen LogP contribution in [0, 0.1) is 11.8 Å². The van der Waals surface area contributed by atoms with E-state index in [-0.39, 0.29) is 5.91 Å². The lowest BCUT2D eigenvalue weighted by Gasteiger charge is -2.14. The quantitative estimate of drug-likeness (QED) is 0.586. The lowest BCUT2D eigenvalue weighted by molar-refractivity contribution is -0.125. The van der Waals surface area contributed by atoms with Crippen molar-refractivity contribution < 1.29 is 4.79 Å². The maximum atomic E-state index is 11.5. The summed E-state index contributed by atoms with van der Waals surface area (Å²) in [6.07, 6.45) is 3.48. The first-order valence-corrected chi connectivity index (χ1v) is 4.93. The average Bonchev–Trinajstić information content (AvgIpc) is 2.61. The van der Waals surface area contributed by atoms with Crippen LogP contribution in [-0.2, 0) is 4.79 Å². The highest BCUT2D eigenvalue weighted by molar-refractivity contribution is 5.87. The molecule has 0 radical (unpaired) electrons. The van der Waals surface area contributed by atoms with E-state index >= 15 is 0 Å². The second-order valence-corrected chi connectivity index (χ2v) is 3.92. The molecule has 2 heterocycles. The number of nitrogens with zero attached hydrogens (tertiary/aromatic N) is 1. The molecule has 0 spiro atoms. The highest BCUT2D eigenvalue weighted by Crippen LogP contribution is 2.26. The van der Waals surface area contributed by atoms with Gasteiger partial charge in [-0.2, -0.15) is 0 Å². The molecule has 0 aromatic heterocycles. The summed E-state index contributed by atoms with van der Waals surface area (Å²) in [7, 11) is 0. The fraction of sp³-hybridized carbons (Fsp3) is 0.700. The zero-order chi connectivity index (χ0) is 9.26. The van der Waals surface area contributed by atoms with Crippen LogP contribution in [0.5, 0.6) is 0 Å². The Bertz CT molecular complexity index is 225. The first-order chi connectivity index (χ1) is 6.31. The first-order valence-electron chi connectivity index (χ1n) is 4.93. The molecule has 2 atom stereocenters. The van der Waals surface area contributed by atoms with Crippen LogP contribution in [0.15, 0.2) is 12.2 Å². The number of rotatable bonds is 1. The van der Waals surface area contributed by atoms with E-state index in [1.54, 1.807) is 6.08 Å². The molecule has 2 rings (SSSR count). The van der Waals surface area contributed by atoms with Gasteiger partial charge in [-0.1, -0.05) is 6.08 Å². The Morgan fingerprint density at radius 3 is 2.54 bits per heavy atom. The number of amides is 1. The van der Waals surface area contributed by atoms with Gasteiger partial charge in [0.2, 0.25) is 5.91 Å². The van der Waals surface area contributed by atoms with Gasteiger partial charge in [0.1, 0.15) is 0 Å². The highest BCUT2D eigenvalue weighted by atomic mass is 16.2. The Labute approximate surface area is 78.8 Å². The molecule has 0 aromatic rings. The summed E-state index contributed by atoms with van der Waals surface area (Å²) < 4.78 is 0. The molecule has 2 fully saturated rings. The topological polar surface area (TPSA) is 32.3 Å². The SMILES string of the molecule is C/C=C/C(=O)N1CC2CNCC2C1. The van der Waals surface area contributed by atoms with Crippen LogP contribution in [0.25, 0.3) is 0 Å². The standard InChI is InChI=1S/C10H16N2O/c1-2-3-10(13)12-6-8-4-11-5-9(8)7-12/h2-3,8-9,11H,4-7H2,1H3/b3-2+. The summed E-state index contributed by atoms with van der Waals surface area (Å²) in [6.45, 7) is 5.95. The van der Waals surface area contributed by atoms with Gasteiger partial charge in [0.15, 0.2) is 0 Å². The van der Waals surface area contributed by atoms with E-state index < -0.39 is 0 Å². The molecule has 0 bridgehead atoms. The van der Waals surface area contributed by atoms with Crippen LogP contribution in [0.1, 0.15) is 6.92 Å². The first kappa shape index (κ1) is 8.75. The van der Waals surface area contributed by atoms with Crippen molar-refractivity contribution in [3.05, 3.63) is 12.2 Å². The number of carbonyl (C=O) groups excluding carboxylic acids is 1. The van der Waals surface area contributed by atoms with Crippen LogP contribution in [-0.4, -0.2) is 37.0 Å². The summed E-state index contributed by atoms with van der Waals surface area (Å²) in [4.78, 5) is 13.5. The molecule has 0 saturated carbocycles. The molecular formula is C10H16N2O. The van der Waals surface area contributed by atoms with Crippen molar-refractivity contribution in [3.63, 3.8) is 0 Å². The van der Waals surface area contributed by atoms with Crippen LogP contribution in [0.2, 0.25) is 0 Å². The van der Waals surface area contributed by atoms with Gasteiger partial charge in [-0.3, -0.25) is 4.79 Å². The molecule has 1 N–H and O–H groups in total. The van der Waals surface area contributed by atoms with Gasteiger partial charge in [-0.15, -0.1) is 0 Å². The van der Waals surface area contributed by atoms with Crippen molar-refractivity contribution in [2.45, 2.75) is 6.92 Å². The Balaban J connectivity index is 1.95. The predicted octanol–water partition coefficient (Wildman–Crippen LogP) is 0.240. The number of allylic oxidation sites excluding steroid dienone is 1. The van der Waals surface area contributed by atoms with Gasteiger partial charge < -0.3 is 10.2 Å². The minimum absolute atomic E-state index is 0.178. The van der Waals surface area contributed by atoms with Crippen molar-refractivity contribution in [2.24, 2.45) is 11.8 Å². The van der Waals surface area contributed by atoms with Crippen molar-refractivity contribution in [1.82, 2.24) is 10.2 Å². The Hall–Kier alpha value is -0.830. The molecular weight excluding hydrogens is 164 g/mol. The second-order valence-electron chi connectivity index (χ2n) is 3.92. The van der Waals surface area contributed by atoms with E-state index in [4.69, 9.17) is 0 Å². The Morgan fingerprint density at radius 1 is 1.38 bits per heavy atom. The number of hydrogen-bond donors (Lipinski definition) is 1. The second kappa shape index (κ2) is 3.50. The summed E-state index contributed by atoms with van der Waals surface area (Å²) in [5, 5.41) is 3.36. The maximum absolute atomic E-state index is 11.5. The third kappa shape index (κ3) is 1.61. The van der Waals surface area contributed by atoms with Gasteiger partial charge in [-0.25, -0.2) is 0 Å². The van der Waals surface area contributed by atoms with Crippen LogP contribution < -0.4 is 5.32 Å². The molecule has 72 valence electrons. The monoisotopic (exact) mass is 180 g/mol. The van der Waals surface area contributed by atoms with E-state index in [9.17, 15) is 4.79 Å². The van der Waals surface area contributed by atoms with Gasteiger partial charge >= 0.3 is 0 Å². The van der Waals surface area contributed by atoms with Gasteiger partial charge in [0, 0.05) is 26.2 Å². The largest absolute Gasteiger partial charge is 0.338 e. The van der Waals surface area contributed by atoms with Crippen LogP contribution in [0.3, 0.4) is 0 Å². The van der Waals surface area contributed by atoms with Crippen molar-refractivity contribution >= 4 is 5.91 Å². The highest BCUT2D eigenvalue weighted by Gasteiger charge is 2.37. The number of hydrogen-bond acceptors (Lipinski definition) is 2. The number of carbonyl (C=O) groups is 1. The van der Waals surface area contributed by atoms with E-state index in [1.807, 2.05) is 17.9 Å². The number of nitrogens with one attached hydrogen (secondary N) is 1. The van der Waals surface area contributed by atoms with Crippen LogP contribution in [0.4, 0.5) is 0 Å². The van der Waals surface area contributed by atoms with Gasteiger partial charge in [-0.05, 0) is 24.8 Å². The van der Waals surface area contributed by atoms with Crippen molar-refractivity contribution in [3.8, 4) is 0 Å². The average molecular weight is 180 g/mol. The molecule has 2 unspecified atom stereocenters. The Kier molecular flexibility index (Phi) is 2.36. The fourth-order valence-corrected chi connectivity index (χ4v) is 2.28. The van der Waals surface area contributed by atoms with E-state index in [2.05, 4.69) is 5.32 Å². The van der Waals surface area contributed by atoms with Crippen molar-refractivity contribution in [2.75, 3.05) is 26.2 Å². The van der Waals surface area contributed by atoms with E-state index in [0.29, 0.717) is 11.8 Å². The fourth-order valence-electron chi connectivity index (χ4n) is 2.28. The van der Waals surface area contributed by atoms with E-state index in [1.165, 1.54) is 0 Å². The number of fused-ring (bicyclic) bond motifs is 1. The molecule has 0 aliphatic carbocycles. The molecule has 3 nitrogen and oxygen atoms in total. The molecule has 2 aliphatic rings. The zero-order valence-electron chi connectivity index (χ0n) is 7.99. The molecule has 1 amide bonds. The minimum Gasteiger partial charge on any atom is -0.338 e. The maximum Gasteiger partial charge on any atom is 0.246 e. The summed E-state index contributed by atoms with van der Waals surface area (Å²) in [6, 6.07) is 0. The normalized spacial score (nSPS) is 32.8. The Morgan fingerprint density at radius 2 is 2.00 bits per heavy atom. The van der Waals surface area contributed by atoms with Gasteiger partial charge in [0.05, 0.1) is 0 Å². The summed E-state index contributed by atoms with van der Waals surface area (Å²) in [5.41, 5.74) is 0.